The molecule has 0 amide bonds. The van der Waals surface area contributed by atoms with E-state index in [1.54, 1.807) is 6.07 Å². The van der Waals surface area contributed by atoms with Gasteiger partial charge in [0.15, 0.2) is 0 Å². The zero-order chi connectivity index (χ0) is 11.5. The van der Waals surface area contributed by atoms with E-state index in [2.05, 4.69) is 10.3 Å². The van der Waals surface area contributed by atoms with E-state index in [9.17, 15) is 4.79 Å². The first kappa shape index (κ1) is 10.9. The Morgan fingerprint density at radius 3 is 2.75 bits per heavy atom. The largest absolute Gasteiger partial charge is 0.477 e. The molecule has 1 heterocycles. The van der Waals surface area contributed by atoms with Crippen LogP contribution in [-0.2, 0) is 0 Å². The minimum Gasteiger partial charge on any atom is -0.477 e. The number of hydrogen-bond acceptors (Lipinski definition) is 4. The molecule has 0 aliphatic heterocycles. The van der Waals surface area contributed by atoms with Crippen molar-refractivity contribution < 1.29 is 15.0 Å². The Kier molecular flexibility index (Phi) is 3.05. The Morgan fingerprint density at radius 2 is 2.25 bits per heavy atom. The molecule has 3 N–H and O–H groups in total. The Morgan fingerprint density at radius 1 is 1.50 bits per heavy atom. The molecule has 16 heavy (non-hydrogen) atoms. The predicted octanol–water partition coefficient (Wildman–Crippen LogP) is 0.963. The minimum atomic E-state index is -1.02. The first-order chi connectivity index (χ1) is 7.65. The second-order valence-corrected chi connectivity index (χ2v) is 4.11. The molecule has 1 saturated carbocycles. The van der Waals surface area contributed by atoms with E-state index < -0.39 is 5.97 Å². The number of nitrogens with one attached hydrogen (secondary N) is 1. The summed E-state index contributed by atoms with van der Waals surface area (Å²) >= 11 is 0. The number of aliphatic hydroxyl groups excluding tert-OH is 1. The zero-order valence-corrected chi connectivity index (χ0v) is 8.76. The summed E-state index contributed by atoms with van der Waals surface area (Å²) in [5.74, 6) is -0.511. The van der Waals surface area contributed by atoms with Gasteiger partial charge in [-0.3, -0.25) is 0 Å². The van der Waals surface area contributed by atoms with Crippen LogP contribution in [0.3, 0.4) is 0 Å². The van der Waals surface area contributed by atoms with Crippen LogP contribution in [0.25, 0.3) is 0 Å². The molecule has 2 rings (SSSR count). The van der Waals surface area contributed by atoms with Crippen LogP contribution in [0.1, 0.15) is 23.3 Å². The van der Waals surface area contributed by atoms with Crippen molar-refractivity contribution in [2.75, 3.05) is 11.9 Å². The molecule has 1 aromatic rings. The molecule has 1 aliphatic rings. The fourth-order valence-electron chi connectivity index (χ4n) is 1.75. The summed E-state index contributed by atoms with van der Waals surface area (Å²) < 4.78 is 0. The highest BCUT2D eigenvalue weighted by atomic mass is 16.4. The van der Waals surface area contributed by atoms with Gasteiger partial charge in [0.1, 0.15) is 5.69 Å². The molecule has 1 aromatic heterocycles. The van der Waals surface area contributed by atoms with E-state index in [0.717, 1.165) is 25.1 Å². The number of nitrogens with zero attached hydrogens (tertiary/aromatic N) is 1. The normalized spacial score (nSPS) is 23.6. The molecule has 0 saturated heterocycles. The first-order valence-corrected chi connectivity index (χ1v) is 5.26. The van der Waals surface area contributed by atoms with Crippen LogP contribution >= 0.6 is 0 Å². The molecule has 5 nitrogen and oxygen atoms in total. The van der Waals surface area contributed by atoms with Gasteiger partial charge in [0.05, 0.1) is 18.0 Å². The van der Waals surface area contributed by atoms with Gasteiger partial charge in [-0.25, -0.2) is 9.78 Å². The highest BCUT2D eigenvalue weighted by Crippen LogP contribution is 2.27. The summed E-state index contributed by atoms with van der Waals surface area (Å²) in [5, 5.41) is 20.9. The Balaban J connectivity index is 1.83. The van der Waals surface area contributed by atoms with Crippen LogP contribution in [0, 0.1) is 5.92 Å². The van der Waals surface area contributed by atoms with Gasteiger partial charge in [-0.15, -0.1) is 0 Å². The monoisotopic (exact) mass is 222 g/mol. The lowest BCUT2D eigenvalue weighted by Crippen LogP contribution is -2.33. The highest BCUT2D eigenvalue weighted by Gasteiger charge is 2.26. The van der Waals surface area contributed by atoms with Crippen molar-refractivity contribution in [1.82, 2.24) is 4.98 Å². The number of carboxylic acids is 1. The lowest BCUT2D eigenvalue weighted by Gasteiger charge is -2.31. The summed E-state index contributed by atoms with van der Waals surface area (Å²) in [7, 11) is 0. The van der Waals surface area contributed by atoms with Crippen molar-refractivity contribution in [3.8, 4) is 0 Å². The van der Waals surface area contributed by atoms with Crippen LogP contribution in [0.15, 0.2) is 18.3 Å². The van der Waals surface area contributed by atoms with E-state index in [1.807, 2.05) is 0 Å². The first-order valence-electron chi connectivity index (χ1n) is 5.26. The van der Waals surface area contributed by atoms with Crippen molar-refractivity contribution in [1.29, 1.82) is 0 Å². The molecule has 0 atom stereocenters. The fourth-order valence-corrected chi connectivity index (χ4v) is 1.75. The summed E-state index contributed by atoms with van der Waals surface area (Å²) in [4.78, 5) is 14.4. The molecule has 1 aliphatic carbocycles. The van der Waals surface area contributed by atoms with Crippen LogP contribution in [0.5, 0.6) is 0 Å². The topological polar surface area (TPSA) is 82.5 Å². The number of aromatic carboxylic acids is 1. The number of aliphatic hydroxyl groups is 1. The predicted molar refractivity (Wildman–Crippen MR) is 58.4 cm³/mol. The van der Waals surface area contributed by atoms with Gasteiger partial charge in [0.25, 0.3) is 0 Å². The van der Waals surface area contributed by atoms with E-state index in [1.165, 1.54) is 12.3 Å². The average molecular weight is 222 g/mol. The van der Waals surface area contributed by atoms with Gasteiger partial charge >= 0.3 is 5.97 Å². The third-order valence-electron chi connectivity index (χ3n) is 2.79. The van der Waals surface area contributed by atoms with E-state index in [0.29, 0.717) is 5.92 Å². The minimum absolute atomic E-state index is 0.0459. The molecule has 1 fully saturated rings. The Bertz CT molecular complexity index is 371. The lowest BCUT2D eigenvalue weighted by molar-refractivity contribution is 0.0486. The Labute approximate surface area is 93.1 Å². The van der Waals surface area contributed by atoms with E-state index >= 15 is 0 Å². The highest BCUT2D eigenvalue weighted by molar-refractivity contribution is 5.85. The molecule has 0 bridgehead atoms. The van der Waals surface area contributed by atoms with Crippen molar-refractivity contribution in [2.45, 2.75) is 18.9 Å². The quantitative estimate of drug-likeness (QED) is 0.707. The summed E-state index contributed by atoms with van der Waals surface area (Å²) in [6, 6.07) is 3.17. The van der Waals surface area contributed by atoms with E-state index in [-0.39, 0.29) is 11.8 Å². The van der Waals surface area contributed by atoms with Gasteiger partial charge in [-0.1, -0.05) is 0 Å². The second-order valence-electron chi connectivity index (χ2n) is 4.11. The van der Waals surface area contributed by atoms with Gasteiger partial charge in [-0.05, 0) is 30.9 Å². The molecular formula is C11H14N2O3. The smallest absolute Gasteiger partial charge is 0.354 e. The maximum absolute atomic E-state index is 10.6. The average Bonchev–Trinajstić information content (AvgIpc) is 2.23. The second kappa shape index (κ2) is 4.49. The van der Waals surface area contributed by atoms with Gasteiger partial charge < -0.3 is 15.5 Å². The third-order valence-corrected chi connectivity index (χ3v) is 2.79. The number of hydrogen-bond donors (Lipinski definition) is 3. The molecule has 0 aromatic carbocycles. The van der Waals surface area contributed by atoms with Gasteiger partial charge in [-0.2, -0.15) is 0 Å². The Hall–Kier alpha value is -1.62. The van der Waals surface area contributed by atoms with Gasteiger partial charge in [0.2, 0.25) is 0 Å². The maximum atomic E-state index is 10.6. The van der Waals surface area contributed by atoms with Gasteiger partial charge in [0, 0.05) is 6.54 Å². The number of aromatic nitrogens is 1. The lowest BCUT2D eigenvalue weighted by atomic mass is 9.82. The molecule has 0 unspecified atom stereocenters. The molecule has 86 valence electrons. The third kappa shape index (κ3) is 2.49. The molecular weight excluding hydrogens is 208 g/mol. The van der Waals surface area contributed by atoms with Crippen LogP contribution < -0.4 is 5.32 Å². The summed E-state index contributed by atoms with van der Waals surface area (Å²) in [6.45, 7) is 0.797. The molecule has 5 heteroatoms. The van der Waals surface area contributed by atoms with Crippen LogP contribution in [-0.4, -0.2) is 33.8 Å². The molecule has 0 spiro atoms. The summed E-state index contributed by atoms with van der Waals surface area (Å²) in [6.07, 6.45) is 3.05. The van der Waals surface area contributed by atoms with Crippen LogP contribution in [0.4, 0.5) is 5.69 Å². The van der Waals surface area contributed by atoms with E-state index in [4.69, 9.17) is 10.2 Å². The fraction of sp³-hybridized carbons (Fsp3) is 0.455. The number of carboxylic acid groups (broad SMARTS) is 1. The molecule has 0 radical (unpaired) electrons. The van der Waals surface area contributed by atoms with Crippen molar-refractivity contribution in [2.24, 2.45) is 5.92 Å². The number of carbonyl (C=O) groups is 1. The maximum Gasteiger partial charge on any atom is 0.354 e. The van der Waals surface area contributed by atoms with Crippen molar-refractivity contribution in [3.63, 3.8) is 0 Å². The van der Waals surface area contributed by atoms with Crippen molar-refractivity contribution >= 4 is 11.7 Å². The number of rotatable bonds is 4. The zero-order valence-electron chi connectivity index (χ0n) is 8.76. The summed E-state index contributed by atoms with van der Waals surface area (Å²) in [5.41, 5.74) is 0.857. The SMILES string of the molecule is O=C(O)c1ccc(NCC2CC(O)C2)cn1. The number of pyridine rings is 1. The standard InChI is InChI=1S/C11H14N2O3/c14-9-3-7(4-9)5-12-8-1-2-10(11(15)16)13-6-8/h1-2,6-7,9,12,14H,3-5H2,(H,15,16). The van der Waals surface area contributed by atoms with Crippen molar-refractivity contribution in [3.05, 3.63) is 24.0 Å². The van der Waals surface area contributed by atoms with Crippen LogP contribution in [0.2, 0.25) is 0 Å². The number of anilines is 1.